The molecule has 1 saturated heterocycles. The van der Waals surface area contributed by atoms with Gasteiger partial charge >= 0.3 is 0 Å². The average Bonchev–Trinajstić information content (AvgIpc) is 3.13. The van der Waals surface area contributed by atoms with Crippen molar-refractivity contribution < 1.29 is 22.7 Å². The third-order valence-corrected chi connectivity index (χ3v) is 4.59. The molecule has 1 aliphatic rings. The maximum Gasteiger partial charge on any atom is 0.255 e. The molecule has 1 aliphatic heterocycles. The fourth-order valence-electron chi connectivity index (χ4n) is 2.77. The van der Waals surface area contributed by atoms with Gasteiger partial charge in [0.15, 0.2) is 0 Å². The number of hydrogen-bond acceptors (Lipinski definition) is 5. The largest absolute Gasteiger partial charge is 0.491 e. The predicted molar refractivity (Wildman–Crippen MR) is 104 cm³/mol. The van der Waals surface area contributed by atoms with E-state index in [-0.39, 0.29) is 12.0 Å². The third-order valence-electron chi connectivity index (χ3n) is 3.98. The summed E-state index contributed by atoms with van der Waals surface area (Å²) >= 11 is 0. The van der Waals surface area contributed by atoms with Crippen molar-refractivity contribution >= 4 is 27.3 Å². The molecular weight excluding hydrogens is 368 g/mol. The molecule has 1 atom stereocenters. The Labute approximate surface area is 158 Å². The monoisotopic (exact) mass is 390 g/mol. The van der Waals surface area contributed by atoms with Crippen LogP contribution in [-0.2, 0) is 14.8 Å². The maximum atomic E-state index is 12.5. The van der Waals surface area contributed by atoms with Gasteiger partial charge in [-0.3, -0.25) is 9.52 Å². The van der Waals surface area contributed by atoms with Crippen molar-refractivity contribution in [3.05, 3.63) is 54.1 Å². The van der Waals surface area contributed by atoms with Crippen LogP contribution in [0.1, 0.15) is 23.2 Å². The van der Waals surface area contributed by atoms with E-state index in [4.69, 9.17) is 9.47 Å². The van der Waals surface area contributed by atoms with Crippen LogP contribution >= 0.6 is 0 Å². The Morgan fingerprint density at radius 2 is 1.96 bits per heavy atom. The van der Waals surface area contributed by atoms with Gasteiger partial charge in [0.2, 0.25) is 10.0 Å². The minimum Gasteiger partial charge on any atom is -0.491 e. The highest BCUT2D eigenvalue weighted by atomic mass is 32.2. The summed E-state index contributed by atoms with van der Waals surface area (Å²) in [5.74, 6) is 0.305. The number of amides is 1. The molecule has 1 heterocycles. The highest BCUT2D eigenvalue weighted by Gasteiger charge is 2.16. The van der Waals surface area contributed by atoms with Crippen molar-refractivity contribution in [1.29, 1.82) is 0 Å². The molecule has 2 aromatic rings. The number of carbonyl (C=O) groups excluding carboxylic acids is 1. The second kappa shape index (κ2) is 8.41. The normalized spacial score (nSPS) is 16.7. The molecule has 2 N–H and O–H groups in total. The Balaban J connectivity index is 1.63. The third kappa shape index (κ3) is 5.97. The molecule has 0 radical (unpaired) electrons. The summed E-state index contributed by atoms with van der Waals surface area (Å²) in [7, 11) is -3.41. The fourth-order valence-corrected chi connectivity index (χ4v) is 3.32. The van der Waals surface area contributed by atoms with Crippen molar-refractivity contribution in [2.24, 2.45) is 0 Å². The lowest BCUT2D eigenvalue weighted by atomic mass is 10.2. The molecule has 0 saturated carbocycles. The first-order chi connectivity index (χ1) is 12.9. The minimum absolute atomic E-state index is 0.119. The van der Waals surface area contributed by atoms with Crippen LogP contribution in [0.5, 0.6) is 5.75 Å². The van der Waals surface area contributed by atoms with Crippen molar-refractivity contribution in [1.82, 2.24) is 0 Å². The zero-order chi connectivity index (χ0) is 19.3. The molecule has 0 aromatic heterocycles. The molecular formula is C19H22N2O5S. The molecule has 3 rings (SSSR count). The number of anilines is 2. The Morgan fingerprint density at radius 1 is 1.19 bits per heavy atom. The molecule has 27 heavy (non-hydrogen) atoms. The van der Waals surface area contributed by atoms with Crippen LogP contribution in [0.15, 0.2) is 48.5 Å². The number of nitrogens with one attached hydrogen (secondary N) is 2. The van der Waals surface area contributed by atoms with E-state index < -0.39 is 10.0 Å². The first-order valence-corrected chi connectivity index (χ1v) is 10.5. The summed E-state index contributed by atoms with van der Waals surface area (Å²) in [4.78, 5) is 12.5. The van der Waals surface area contributed by atoms with E-state index in [1.54, 1.807) is 36.4 Å². The highest BCUT2D eigenvalue weighted by molar-refractivity contribution is 7.92. The fraction of sp³-hybridized carbons (Fsp3) is 0.316. The van der Waals surface area contributed by atoms with Crippen molar-refractivity contribution in [2.75, 3.05) is 29.5 Å². The highest BCUT2D eigenvalue weighted by Crippen LogP contribution is 2.21. The van der Waals surface area contributed by atoms with Gasteiger partial charge in [0.1, 0.15) is 12.4 Å². The van der Waals surface area contributed by atoms with Crippen LogP contribution in [0.3, 0.4) is 0 Å². The lowest BCUT2D eigenvalue weighted by molar-refractivity contribution is 0.0680. The Morgan fingerprint density at radius 3 is 2.70 bits per heavy atom. The minimum atomic E-state index is -3.41. The van der Waals surface area contributed by atoms with E-state index in [2.05, 4.69) is 10.0 Å². The van der Waals surface area contributed by atoms with Gasteiger partial charge in [0.25, 0.3) is 5.91 Å². The Kier molecular flexibility index (Phi) is 5.98. The molecule has 1 amide bonds. The van der Waals surface area contributed by atoms with E-state index in [0.29, 0.717) is 29.3 Å². The van der Waals surface area contributed by atoms with Gasteiger partial charge in [-0.05, 0) is 43.2 Å². The molecule has 2 aromatic carbocycles. The van der Waals surface area contributed by atoms with E-state index in [1.807, 2.05) is 6.07 Å². The van der Waals surface area contributed by atoms with Gasteiger partial charge in [0.05, 0.1) is 12.4 Å². The molecule has 0 bridgehead atoms. The lowest BCUT2D eigenvalue weighted by Gasteiger charge is -2.13. The van der Waals surface area contributed by atoms with Crippen molar-refractivity contribution in [3.8, 4) is 5.75 Å². The second-order valence-corrected chi connectivity index (χ2v) is 8.13. The van der Waals surface area contributed by atoms with Gasteiger partial charge in [-0.1, -0.05) is 12.1 Å². The summed E-state index contributed by atoms with van der Waals surface area (Å²) in [6.07, 6.45) is 3.22. The first-order valence-electron chi connectivity index (χ1n) is 8.63. The van der Waals surface area contributed by atoms with Crippen LogP contribution in [0.2, 0.25) is 0 Å². The maximum absolute atomic E-state index is 12.5. The molecule has 0 aliphatic carbocycles. The smallest absolute Gasteiger partial charge is 0.255 e. The van der Waals surface area contributed by atoms with Gasteiger partial charge in [-0.25, -0.2) is 8.42 Å². The van der Waals surface area contributed by atoms with Gasteiger partial charge in [-0.2, -0.15) is 0 Å². The van der Waals surface area contributed by atoms with Crippen LogP contribution in [0.25, 0.3) is 0 Å². The first kappa shape index (κ1) is 19.2. The van der Waals surface area contributed by atoms with E-state index in [0.717, 1.165) is 25.7 Å². The van der Waals surface area contributed by atoms with Gasteiger partial charge in [0, 0.05) is 29.6 Å². The quantitative estimate of drug-likeness (QED) is 0.758. The zero-order valence-electron chi connectivity index (χ0n) is 15.0. The summed E-state index contributed by atoms with van der Waals surface area (Å²) < 4.78 is 36.3. The zero-order valence-corrected chi connectivity index (χ0v) is 15.8. The Bertz CT molecular complexity index is 908. The standard InChI is InChI=1S/C19H22N2O5S/c1-27(23,24)21-16-7-2-5-14(11-16)19(22)20-15-6-3-8-17(12-15)26-13-18-9-4-10-25-18/h2-3,5-8,11-12,18,21H,4,9-10,13H2,1H3,(H,20,22). The van der Waals surface area contributed by atoms with Crippen LogP contribution in [0, 0.1) is 0 Å². The van der Waals surface area contributed by atoms with Crippen LogP contribution in [0.4, 0.5) is 11.4 Å². The second-order valence-electron chi connectivity index (χ2n) is 6.38. The number of hydrogen-bond donors (Lipinski definition) is 2. The number of ether oxygens (including phenoxy) is 2. The number of sulfonamides is 1. The molecule has 1 unspecified atom stereocenters. The van der Waals surface area contributed by atoms with Crippen molar-refractivity contribution in [3.63, 3.8) is 0 Å². The predicted octanol–water partition coefficient (Wildman–Crippen LogP) is 2.87. The Hall–Kier alpha value is -2.58. The summed E-state index contributed by atoms with van der Waals surface area (Å²) in [6.45, 7) is 1.26. The molecule has 8 heteroatoms. The van der Waals surface area contributed by atoms with E-state index >= 15 is 0 Å². The molecule has 1 fully saturated rings. The molecule has 0 spiro atoms. The topological polar surface area (TPSA) is 93.7 Å². The van der Waals surface area contributed by atoms with Crippen molar-refractivity contribution in [2.45, 2.75) is 18.9 Å². The molecule has 7 nitrogen and oxygen atoms in total. The number of benzene rings is 2. The van der Waals surface area contributed by atoms with Crippen LogP contribution < -0.4 is 14.8 Å². The summed E-state index contributed by atoms with van der Waals surface area (Å²) in [5.41, 5.74) is 1.26. The van der Waals surface area contributed by atoms with Gasteiger partial charge < -0.3 is 14.8 Å². The van der Waals surface area contributed by atoms with Crippen LogP contribution in [-0.4, -0.2) is 39.9 Å². The lowest BCUT2D eigenvalue weighted by Crippen LogP contribution is -2.16. The molecule has 144 valence electrons. The van der Waals surface area contributed by atoms with E-state index in [1.165, 1.54) is 6.07 Å². The summed E-state index contributed by atoms with van der Waals surface area (Å²) in [5, 5.41) is 2.79. The van der Waals surface area contributed by atoms with E-state index in [9.17, 15) is 13.2 Å². The number of rotatable bonds is 7. The number of carbonyl (C=O) groups is 1. The average molecular weight is 390 g/mol. The van der Waals surface area contributed by atoms with Gasteiger partial charge in [-0.15, -0.1) is 0 Å². The SMILES string of the molecule is CS(=O)(=O)Nc1cccc(C(=O)Nc2cccc(OCC3CCCO3)c2)c1. The summed E-state index contributed by atoms with van der Waals surface area (Å²) in [6, 6.07) is 13.4.